The molecule has 0 unspecified atom stereocenters. The van der Waals surface area contributed by atoms with E-state index in [1.165, 1.54) is 0 Å². The fourth-order valence-corrected chi connectivity index (χ4v) is 2.90. The number of halogens is 1. The molecule has 0 spiro atoms. The highest BCUT2D eigenvalue weighted by Crippen LogP contribution is 2.17. The molecule has 0 aliphatic carbocycles. The third kappa shape index (κ3) is 4.20. The number of carbonyl (C=O) groups is 2. The fraction of sp³-hybridized carbons (Fsp3) is 0.200. The molecule has 0 aliphatic heterocycles. The van der Waals surface area contributed by atoms with E-state index in [1.807, 2.05) is 39.0 Å². The molecule has 2 heterocycles. The van der Waals surface area contributed by atoms with E-state index >= 15 is 0 Å². The molecule has 2 amide bonds. The Morgan fingerprint density at radius 3 is 2.32 bits per heavy atom. The summed E-state index contributed by atoms with van der Waals surface area (Å²) in [5.41, 5.74) is 7.99. The topological polar surface area (TPSA) is 88.9 Å². The fourth-order valence-electron chi connectivity index (χ4n) is 2.71. The Morgan fingerprint density at radius 1 is 1.04 bits per heavy atom. The maximum atomic E-state index is 12.5. The zero-order valence-corrected chi connectivity index (χ0v) is 16.5. The minimum Gasteiger partial charge on any atom is -0.267 e. The Morgan fingerprint density at radius 2 is 1.71 bits per heavy atom. The Labute approximate surface area is 167 Å². The molecular formula is C20H20ClN5O2. The van der Waals surface area contributed by atoms with Crippen LogP contribution in [0.4, 0.5) is 0 Å². The highest BCUT2D eigenvalue weighted by molar-refractivity contribution is 6.33. The Balaban J connectivity index is 1.74. The molecule has 0 saturated carbocycles. The van der Waals surface area contributed by atoms with Crippen LogP contribution in [0.3, 0.4) is 0 Å². The van der Waals surface area contributed by atoms with Gasteiger partial charge < -0.3 is 0 Å². The Bertz CT molecular complexity index is 1030. The number of nitrogens with zero attached hydrogens (tertiary/aromatic N) is 3. The lowest BCUT2D eigenvalue weighted by Crippen LogP contribution is -2.42. The molecule has 0 bridgehead atoms. The van der Waals surface area contributed by atoms with Crippen molar-refractivity contribution in [3.8, 4) is 5.82 Å². The molecule has 0 radical (unpaired) electrons. The van der Waals surface area contributed by atoms with Gasteiger partial charge in [-0.15, -0.1) is 0 Å². The number of pyridine rings is 1. The van der Waals surface area contributed by atoms with Gasteiger partial charge in [0, 0.05) is 11.3 Å². The maximum Gasteiger partial charge on any atom is 0.289 e. The first-order valence-electron chi connectivity index (χ1n) is 8.79. The Kier molecular flexibility index (Phi) is 5.75. The van der Waals surface area contributed by atoms with E-state index in [1.54, 1.807) is 28.9 Å². The normalized spacial score (nSPS) is 10.6. The third-order valence-electron chi connectivity index (χ3n) is 4.19. The van der Waals surface area contributed by atoms with Crippen LogP contribution in [0, 0.1) is 13.8 Å². The van der Waals surface area contributed by atoms with Gasteiger partial charge >= 0.3 is 0 Å². The zero-order valence-electron chi connectivity index (χ0n) is 15.8. The average Bonchev–Trinajstić information content (AvgIpc) is 3.04. The lowest BCUT2D eigenvalue weighted by molar-refractivity contribution is 0.0844. The molecule has 0 fully saturated rings. The first-order chi connectivity index (χ1) is 13.4. The first-order valence-corrected chi connectivity index (χ1v) is 9.16. The second-order valence-electron chi connectivity index (χ2n) is 6.30. The van der Waals surface area contributed by atoms with Crippen molar-refractivity contribution in [2.75, 3.05) is 0 Å². The quantitative estimate of drug-likeness (QED) is 0.662. The molecule has 0 atom stereocenters. The Hall–Kier alpha value is -3.19. The SMILES string of the molecule is CCc1ccc(C(=O)NNC(=O)c2nc(-n3nc(C)cc3C)ccc2Cl)cc1. The molecule has 3 rings (SSSR count). The maximum absolute atomic E-state index is 12.5. The highest BCUT2D eigenvalue weighted by Gasteiger charge is 2.16. The number of aryl methyl sites for hydroxylation is 3. The lowest BCUT2D eigenvalue weighted by Gasteiger charge is -2.10. The van der Waals surface area contributed by atoms with Gasteiger partial charge in [0.2, 0.25) is 0 Å². The number of hydrazine groups is 1. The number of aromatic nitrogens is 3. The summed E-state index contributed by atoms with van der Waals surface area (Å²) in [5.74, 6) is -0.588. The van der Waals surface area contributed by atoms with Crippen molar-refractivity contribution in [3.05, 3.63) is 75.7 Å². The van der Waals surface area contributed by atoms with Gasteiger partial charge in [0.15, 0.2) is 11.5 Å². The van der Waals surface area contributed by atoms with E-state index in [9.17, 15) is 9.59 Å². The molecule has 1 aromatic carbocycles. The minimum atomic E-state index is -0.619. The standard InChI is InChI=1S/C20H20ClN5O2/c1-4-14-5-7-15(8-6-14)19(27)23-24-20(28)18-16(21)9-10-17(22-18)26-13(3)11-12(2)25-26/h5-11H,4H2,1-3H3,(H,23,27)(H,24,28). The number of rotatable bonds is 4. The lowest BCUT2D eigenvalue weighted by atomic mass is 10.1. The van der Waals surface area contributed by atoms with Crippen molar-refractivity contribution in [2.24, 2.45) is 0 Å². The van der Waals surface area contributed by atoms with Crippen LogP contribution in [-0.4, -0.2) is 26.6 Å². The van der Waals surface area contributed by atoms with Gasteiger partial charge in [-0.25, -0.2) is 9.67 Å². The summed E-state index contributed by atoms with van der Waals surface area (Å²) in [6, 6.07) is 12.3. The van der Waals surface area contributed by atoms with Crippen LogP contribution in [-0.2, 0) is 6.42 Å². The van der Waals surface area contributed by atoms with Gasteiger partial charge in [-0.05, 0) is 56.2 Å². The monoisotopic (exact) mass is 397 g/mol. The predicted octanol–water partition coefficient (Wildman–Crippen LogP) is 3.17. The summed E-state index contributed by atoms with van der Waals surface area (Å²) in [7, 11) is 0. The van der Waals surface area contributed by atoms with Crippen LogP contribution in [0.1, 0.15) is 44.7 Å². The number of amides is 2. The van der Waals surface area contributed by atoms with E-state index in [-0.39, 0.29) is 10.7 Å². The molecular weight excluding hydrogens is 378 g/mol. The number of benzene rings is 1. The average molecular weight is 398 g/mol. The minimum absolute atomic E-state index is 0.00616. The smallest absolute Gasteiger partial charge is 0.267 e. The van der Waals surface area contributed by atoms with Crippen molar-refractivity contribution in [1.29, 1.82) is 0 Å². The molecule has 8 heteroatoms. The van der Waals surface area contributed by atoms with Gasteiger partial charge in [-0.1, -0.05) is 30.7 Å². The second kappa shape index (κ2) is 8.22. The van der Waals surface area contributed by atoms with Crippen LogP contribution in [0.5, 0.6) is 0 Å². The van der Waals surface area contributed by atoms with E-state index < -0.39 is 11.8 Å². The molecule has 0 aliphatic rings. The van der Waals surface area contributed by atoms with Crippen molar-refractivity contribution in [1.82, 2.24) is 25.6 Å². The molecule has 3 aromatic rings. The third-order valence-corrected chi connectivity index (χ3v) is 4.49. The molecule has 7 nitrogen and oxygen atoms in total. The summed E-state index contributed by atoms with van der Waals surface area (Å²) in [4.78, 5) is 29.0. The summed E-state index contributed by atoms with van der Waals surface area (Å²) >= 11 is 6.12. The zero-order chi connectivity index (χ0) is 20.3. The van der Waals surface area contributed by atoms with Gasteiger partial charge in [0.25, 0.3) is 11.8 Å². The molecule has 28 heavy (non-hydrogen) atoms. The number of nitrogens with one attached hydrogen (secondary N) is 2. The number of hydrogen-bond donors (Lipinski definition) is 2. The predicted molar refractivity (Wildman–Crippen MR) is 107 cm³/mol. The van der Waals surface area contributed by atoms with Crippen LogP contribution in [0.25, 0.3) is 5.82 Å². The van der Waals surface area contributed by atoms with Crippen LogP contribution < -0.4 is 10.9 Å². The second-order valence-corrected chi connectivity index (χ2v) is 6.70. The van der Waals surface area contributed by atoms with E-state index in [2.05, 4.69) is 20.9 Å². The number of hydrogen-bond acceptors (Lipinski definition) is 4. The van der Waals surface area contributed by atoms with Gasteiger partial charge in [0.1, 0.15) is 0 Å². The highest BCUT2D eigenvalue weighted by atomic mass is 35.5. The van der Waals surface area contributed by atoms with Crippen molar-refractivity contribution >= 4 is 23.4 Å². The molecule has 2 aromatic heterocycles. The van der Waals surface area contributed by atoms with Crippen LogP contribution >= 0.6 is 11.6 Å². The van der Waals surface area contributed by atoms with Crippen LogP contribution in [0.15, 0.2) is 42.5 Å². The van der Waals surface area contributed by atoms with Crippen LogP contribution in [0.2, 0.25) is 5.02 Å². The van der Waals surface area contributed by atoms with E-state index in [0.717, 1.165) is 23.4 Å². The summed E-state index contributed by atoms with van der Waals surface area (Å²) in [6.07, 6.45) is 0.883. The van der Waals surface area contributed by atoms with Gasteiger partial charge in [-0.2, -0.15) is 5.10 Å². The summed E-state index contributed by atoms with van der Waals surface area (Å²) < 4.78 is 1.62. The van der Waals surface area contributed by atoms with Gasteiger partial charge in [-0.3, -0.25) is 20.4 Å². The van der Waals surface area contributed by atoms with Crippen molar-refractivity contribution in [3.63, 3.8) is 0 Å². The van der Waals surface area contributed by atoms with E-state index in [4.69, 9.17) is 11.6 Å². The molecule has 144 valence electrons. The molecule has 0 saturated heterocycles. The number of carbonyl (C=O) groups excluding carboxylic acids is 2. The van der Waals surface area contributed by atoms with Gasteiger partial charge in [0.05, 0.1) is 10.7 Å². The molecule has 2 N–H and O–H groups in total. The first kappa shape index (κ1) is 19.6. The summed E-state index contributed by atoms with van der Waals surface area (Å²) in [5, 5.41) is 4.52. The van der Waals surface area contributed by atoms with Crippen molar-refractivity contribution in [2.45, 2.75) is 27.2 Å². The largest absolute Gasteiger partial charge is 0.289 e. The van der Waals surface area contributed by atoms with E-state index in [0.29, 0.717) is 11.4 Å². The van der Waals surface area contributed by atoms with Crippen molar-refractivity contribution < 1.29 is 9.59 Å². The summed E-state index contributed by atoms with van der Waals surface area (Å²) in [6.45, 7) is 5.79.